The highest BCUT2D eigenvalue weighted by molar-refractivity contribution is 5.72. The first kappa shape index (κ1) is 19.7. The van der Waals surface area contributed by atoms with Gasteiger partial charge in [0.15, 0.2) is 0 Å². The van der Waals surface area contributed by atoms with E-state index in [0.717, 1.165) is 40.8 Å². The Morgan fingerprint density at radius 2 is 2.08 bits per heavy atom. The minimum absolute atomic E-state index is 0.158. The fraction of sp³-hybridized carbons (Fsp3) is 0.318. The monoisotopic (exact) mass is 353 g/mol. The molecule has 0 spiro atoms. The van der Waals surface area contributed by atoms with Crippen molar-refractivity contribution in [2.45, 2.75) is 32.2 Å². The first-order valence-electron chi connectivity index (χ1n) is 8.82. The molecule has 0 fully saturated rings. The summed E-state index contributed by atoms with van der Waals surface area (Å²) in [5, 5.41) is 0. The molecule has 0 aliphatic carbocycles. The molecular formula is C22H27NO3. The van der Waals surface area contributed by atoms with Crippen LogP contribution in [0.4, 0.5) is 0 Å². The summed E-state index contributed by atoms with van der Waals surface area (Å²) in [6.45, 7) is 6.45. The highest BCUT2D eigenvalue weighted by Gasteiger charge is 2.13. The number of nitrogens with two attached hydrogens (primary N) is 1. The van der Waals surface area contributed by atoms with Crippen LogP contribution in [0.25, 0.3) is 11.1 Å². The van der Waals surface area contributed by atoms with Crippen molar-refractivity contribution in [3.8, 4) is 16.9 Å². The SMILES string of the molecule is C=CCCCOc1ccc(C)c(-c2cccc([C@@H](N)CC(=O)OC)c2)c1. The van der Waals surface area contributed by atoms with Gasteiger partial charge in [0.25, 0.3) is 0 Å². The van der Waals surface area contributed by atoms with Crippen molar-refractivity contribution >= 4 is 5.97 Å². The number of hydrogen-bond acceptors (Lipinski definition) is 4. The Bertz CT molecular complexity index is 755. The number of ether oxygens (including phenoxy) is 2. The predicted molar refractivity (Wildman–Crippen MR) is 105 cm³/mol. The summed E-state index contributed by atoms with van der Waals surface area (Å²) in [5.74, 6) is 0.535. The summed E-state index contributed by atoms with van der Waals surface area (Å²) in [7, 11) is 1.37. The first-order chi connectivity index (χ1) is 12.5. The van der Waals surface area contributed by atoms with Gasteiger partial charge in [0.05, 0.1) is 20.1 Å². The van der Waals surface area contributed by atoms with E-state index in [1.54, 1.807) is 0 Å². The lowest BCUT2D eigenvalue weighted by Gasteiger charge is -2.14. The summed E-state index contributed by atoms with van der Waals surface area (Å²) in [6.07, 6.45) is 3.95. The molecule has 2 rings (SSSR count). The van der Waals surface area contributed by atoms with Crippen LogP contribution in [-0.4, -0.2) is 19.7 Å². The smallest absolute Gasteiger partial charge is 0.307 e. The van der Waals surface area contributed by atoms with Crippen LogP contribution < -0.4 is 10.5 Å². The van der Waals surface area contributed by atoms with Crippen molar-refractivity contribution in [2.24, 2.45) is 5.73 Å². The van der Waals surface area contributed by atoms with Crippen LogP contribution in [0.3, 0.4) is 0 Å². The summed E-state index contributed by atoms with van der Waals surface area (Å²) in [5.41, 5.74) is 10.4. The number of allylic oxidation sites excluding steroid dienone is 1. The molecule has 0 saturated carbocycles. The summed E-state index contributed by atoms with van der Waals surface area (Å²) in [4.78, 5) is 11.5. The topological polar surface area (TPSA) is 61.5 Å². The minimum atomic E-state index is -0.388. The maximum atomic E-state index is 11.5. The third-order valence-corrected chi connectivity index (χ3v) is 4.27. The number of aryl methyl sites for hydroxylation is 1. The zero-order valence-electron chi connectivity index (χ0n) is 15.5. The number of carbonyl (C=O) groups excluding carboxylic acids is 1. The molecule has 2 aromatic carbocycles. The lowest BCUT2D eigenvalue weighted by Crippen LogP contribution is -2.16. The maximum absolute atomic E-state index is 11.5. The highest BCUT2D eigenvalue weighted by atomic mass is 16.5. The number of hydrogen-bond donors (Lipinski definition) is 1. The Morgan fingerprint density at radius 3 is 2.81 bits per heavy atom. The third kappa shape index (κ3) is 5.46. The molecule has 26 heavy (non-hydrogen) atoms. The lowest BCUT2D eigenvalue weighted by atomic mass is 9.96. The number of carbonyl (C=O) groups is 1. The minimum Gasteiger partial charge on any atom is -0.494 e. The van der Waals surface area contributed by atoms with Gasteiger partial charge in [-0.15, -0.1) is 6.58 Å². The standard InChI is InChI=1S/C22H27NO3/c1-4-5-6-12-26-19-11-10-16(2)20(14-19)17-8-7-9-18(13-17)21(23)15-22(24)25-3/h4,7-11,13-14,21H,1,5-6,12,15,23H2,2-3H3/t21-/m0/s1. The molecule has 1 atom stereocenters. The zero-order chi connectivity index (χ0) is 18.9. The second-order valence-corrected chi connectivity index (χ2v) is 6.27. The van der Waals surface area contributed by atoms with Gasteiger partial charge in [-0.05, 0) is 60.2 Å². The van der Waals surface area contributed by atoms with Gasteiger partial charge in [-0.25, -0.2) is 0 Å². The van der Waals surface area contributed by atoms with Gasteiger partial charge in [0.1, 0.15) is 5.75 Å². The zero-order valence-corrected chi connectivity index (χ0v) is 15.5. The third-order valence-electron chi connectivity index (χ3n) is 4.27. The van der Waals surface area contributed by atoms with E-state index in [1.807, 2.05) is 42.5 Å². The summed E-state index contributed by atoms with van der Waals surface area (Å²) in [6, 6.07) is 13.7. The van der Waals surface area contributed by atoms with Crippen LogP contribution in [0.1, 0.15) is 36.4 Å². The van der Waals surface area contributed by atoms with Crippen LogP contribution in [0.5, 0.6) is 5.75 Å². The molecule has 2 N–H and O–H groups in total. The number of esters is 1. The van der Waals surface area contributed by atoms with Gasteiger partial charge in [0.2, 0.25) is 0 Å². The summed E-state index contributed by atoms with van der Waals surface area (Å²) >= 11 is 0. The van der Waals surface area contributed by atoms with Crippen LogP contribution in [0, 0.1) is 6.92 Å². The number of rotatable bonds is 9. The van der Waals surface area contributed by atoms with E-state index >= 15 is 0 Å². The molecule has 2 aromatic rings. The predicted octanol–water partition coefficient (Wildman–Crippen LogP) is 4.57. The quantitative estimate of drug-likeness (QED) is 0.407. The van der Waals surface area contributed by atoms with Crippen molar-refractivity contribution in [3.05, 3.63) is 66.2 Å². The lowest BCUT2D eigenvalue weighted by molar-refractivity contribution is -0.141. The molecule has 4 nitrogen and oxygen atoms in total. The second-order valence-electron chi connectivity index (χ2n) is 6.27. The Balaban J connectivity index is 2.20. The molecule has 4 heteroatoms. The molecular weight excluding hydrogens is 326 g/mol. The number of methoxy groups -OCH3 is 1. The molecule has 0 aromatic heterocycles. The second kappa shape index (κ2) is 9.78. The number of benzene rings is 2. The molecule has 0 bridgehead atoms. The van der Waals surface area contributed by atoms with Crippen LogP contribution >= 0.6 is 0 Å². The normalized spacial score (nSPS) is 11.7. The van der Waals surface area contributed by atoms with E-state index in [2.05, 4.69) is 19.6 Å². The van der Waals surface area contributed by atoms with E-state index in [1.165, 1.54) is 7.11 Å². The van der Waals surface area contributed by atoms with Crippen molar-refractivity contribution in [3.63, 3.8) is 0 Å². The van der Waals surface area contributed by atoms with Gasteiger partial charge in [-0.3, -0.25) is 4.79 Å². The fourth-order valence-corrected chi connectivity index (χ4v) is 2.74. The van der Waals surface area contributed by atoms with Gasteiger partial charge in [-0.2, -0.15) is 0 Å². The van der Waals surface area contributed by atoms with E-state index in [-0.39, 0.29) is 18.4 Å². The Labute approximate surface area is 155 Å². The van der Waals surface area contributed by atoms with Crippen LogP contribution in [0.2, 0.25) is 0 Å². The fourth-order valence-electron chi connectivity index (χ4n) is 2.74. The molecule has 0 aliphatic heterocycles. The molecule has 0 amide bonds. The van der Waals surface area contributed by atoms with Crippen LogP contribution in [-0.2, 0) is 9.53 Å². The van der Waals surface area contributed by atoms with Crippen molar-refractivity contribution in [1.82, 2.24) is 0 Å². The largest absolute Gasteiger partial charge is 0.494 e. The molecule has 0 radical (unpaired) electrons. The highest BCUT2D eigenvalue weighted by Crippen LogP contribution is 2.30. The van der Waals surface area contributed by atoms with Gasteiger partial charge in [0, 0.05) is 6.04 Å². The Hall–Kier alpha value is -2.59. The van der Waals surface area contributed by atoms with E-state index in [9.17, 15) is 4.79 Å². The average molecular weight is 353 g/mol. The van der Waals surface area contributed by atoms with Crippen molar-refractivity contribution in [2.75, 3.05) is 13.7 Å². The van der Waals surface area contributed by atoms with Crippen LogP contribution in [0.15, 0.2) is 55.1 Å². The van der Waals surface area contributed by atoms with Crippen molar-refractivity contribution in [1.29, 1.82) is 0 Å². The Kier molecular flexibility index (Phi) is 7.42. The van der Waals surface area contributed by atoms with E-state index < -0.39 is 0 Å². The average Bonchev–Trinajstić information content (AvgIpc) is 2.66. The maximum Gasteiger partial charge on any atom is 0.307 e. The van der Waals surface area contributed by atoms with E-state index in [4.69, 9.17) is 15.2 Å². The first-order valence-corrected chi connectivity index (χ1v) is 8.82. The van der Waals surface area contributed by atoms with Gasteiger partial charge in [-0.1, -0.05) is 30.3 Å². The molecule has 138 valence electrons. The van der Waals surface area contributed by atoms with Gasteiger partial charge >= 0.3 is 5.97 Å². The molecule has 0 aliphatic rings. The number of unbranched alkanes of at least 4 members (excludes halogenated alkanes) is 1. The van der Waals surface area contributed by atoms with Crippen molar-refractivity contribution < 1.29 is 14.3 Å². The van der Waals surface area contributed by atoms with E-state index in [0.29, 0.717) is 6.61 Å². The molecule has 0 unspecified atom stereocenters. The summed E-state index contributed by atoms with van der Waals surface area (Å²) < 4.78 is 10.5. The Morgan fingerprint density at radius 1 is 1.27 bits per heavy atom. The molecule has 0 saturated heterocycles. The molecule has 0 heterocycles. The van der Waals surface area contributed by atoms with Gasteiger partial charge < -0.3 is 15.2 Å².